The van der Waals surface area contributed by atoms with Gasteiger partial charge in [-0.3, -0.25) is 33.5 Å². The number of aromatic hydroxyl groups is 4. The van der Waals surface area contributed by atoms with Crippen molar-refractivity contribution in [1.29, 1.82) is 0 Å². The number of phenols is 4. The molecule has 0 aromatic heterocycles. The molecule has 0 spiro atoms. The largest absolute Gasteiger partial charge is 0.505 e. The van der Waals surface area contributed by atoms with Crippen LogP contribution in [0.2, 0.25) is 0 Å². The first kappa shape index (κ1) is 64.6. The molecule has 0 unspecified atom stereocenters. The second kappa shape index (κ2) is 27.7. The Morgan fingerprint density at radius 3 is 1.80 bits per heavy atom. The van der Waals surface area contributed by atoms with E-state index in [1.807, 2.05) is 0 Å². The number of rotatable bonds is 25. The van der Waals surface area contributed by atoms with Gasteiger partial charge in [0, 0.05) is 38.8 Å². The predicted molar refractivity (Wildman–Crippen MR) is 275 cm³/mol. The number of benzene rings is 7. The van der Waals surface area contributed by atoms with Crippen molar-refractivity contribution < 1.29 is 130 Å². The SMILES string of the molecule is O=[N+]([O-])c1cc(N=Nc2ccc(O)c(N=Nc3cc(S(=O)(=O)O)cc4cc(SOOO)c(N=Nc5ccc(N=Nc6ccc(S(=O)(=O)CCOSOOO)cc6S(=O)(=O)O)c6ccc(SOOO)cc56)c(O)c34)c2O)c(O)c([N+](=O)[O-])c1.[Fe]. The van der Waals surface area contributed by atoms with Crippen LogP contribution < -0.4 is 0 Å². The van der Waals surface area contributed by atoms with Crippen LogP contribution in [-0.4, -0.2) is 92.8 Å². The van der Waals surface area contributed by atoms with Crippen LogP contribution in [0, 0.1) is 20.2 Å². The molecule has 9 N–H and O–H groups in total. The van der Waals surface area contributed by atoms with Gasteiger partial charge >= 0.3 is 5.69 Å². The summed E-state index contributed by atoms with van der Waals surface area (Å²) < 4.78 is 114. The Labute approximate surface area is 483 Å². The minimum Gasteiger partial charge on any atom is -0.505 e. The minimum atomic E-state index is -5.19. The molecule has 0 saturated heterocycles. The first-order valence-corrected chi connectivity index (χ1v) is 27.7. The molecule has 0 bridgehead atoms. The summed E-state index contributed by atoms with van der Waals surface area (Å²) >= 11 is 0.735. The van der Waals surface area contributed by atoms with Crippen LogP contribution in [-0.2, 0) is 79.4 Å². The Bertz CT molecular complexity index is 4170. The van der Waals surface area contributed by atoms with Crippen molar-refractivity contribution in [2.24, 2.45) is 40.9 Å². The van der Waals surface area contributed by atoms with Crippen molar-refractivity contribution in [3.05, 3.63) is 111 Å². The van der Waals surface area contributed by atoms with E-state index in [0.717, 1.165) is 36.4 Å². The molecular formula is C40H28FeN10O26S6. The number of fused-ring (bicyclic) bond motifs is 2. The maximum atomic E-state index is 12.9. The topological polar surface area (TPSA) is 534 Å². The van der Waals surface area contributed by atoms with Crippen LogP contribution in [0.1, 0.15) is 0 Å². The van der Waals surface area contributed by atoms with E-state index >= 15 is 0 Å². The Kier molecular flexibility index (Phi) is 21.5. The average Bonchev–Trinajstić information content (AvgIpc) is 3.60. The molecule has 43 heteroatoms. The van der Waals surface area contributed by atoms with Gasteiger partial charge in [0.15, 0.2) is 39.3 Å². The van der Waals surface area contributed by atoms with Crippen LogP contribution in [0.5, 0.6) is 23.0 Å². The molecule has 0 fully saturated rings. The molecule has 0 aliphatic heterocycles. The number of non-ortho nitro benzene ring substituents is 1. The average molecular weight is 1310 g/mol. The van der Waals surface area contributed by atoms with Crippen molar-refractivity contribution in [2.75, 3.05) is 12.4 Å². The Balaban J connectivity index is 0.0000111. The quantitative estimate of drug-likeness (QED) is 0.00375. The zero-order valence-electron chi connectivity index (χ0n) is 39.8. The Hall–Kier alpha value is -7.60. The van der Waals surface area contributed by atoms with E-state index < -0.39 is 141 Å². The van der Waals surface area contributed by atoms with Gasteiger partial charge in [-0.1, -0.05) is 21.2 Å². The van der Waals surface area contributed by atoms with E-state index in [1.165, 1.54) is 30.3 Å². The third kappa shape index (κ3) is 15.5. The minimum absolute atomic E-state index is 0. The van der Waals surface area contributed by atoms with Crippen LogP contribution in [0.15, 0.2) is 156 Å². The number of hydrogen-bond acceptors (Lipinski definition) is 35. The molecule has 7 aromatic carbocycles. The maximum Gasteiger partial charge on any atom is 0.319 e. The molecule has 83 heavy (non-hydrogen) atoms. The zero-order chi connectivity index (χ0) is 59.7. The van der Waals surface area contributed by atoms with Crippen LogP contribution in [0.25, 0.3) is 21.5 Å². The summed E-state index contributed by atoms with van der Waals surface area (Å²) in [6.07, 6.45) is 0. The van der Waals surface area contributed by atoms with Gasteiger partial charge in [-0.25, -0.2) is 24.2 Å². The van der Waals surface area contributed by atoms with Crippen molar-refractivity contribution in [1.82, 2.24) is 0 Å². The summed E-state index contributed by atoms with van der Waals surface area (Å²) in [5.74, 6) is -4.71. The van der Waals surface area contributed by atoms with E-state index in [1.54, 1.807) is 0 Å². The number of nitro groups is 2. The predicted octanol–water partition coefficient (Wildman–Crippen LogP) is 11.4. The molecule has 36 nitrogen and oxygen atoms in total. The van der Waals surface area contributed by atoms with Crippen molar-refractivity contribution in [3.8, 4) is 23.0 Å². The molecule has 7 rings (SSSR count). The summed E-state index contributed by atoms with van der Waals surface area (Å²) in [5.41, 5.74) is -6.15. The summed E-state index contributed by atoms with van der Waals surface area (Å²) in [5, 5.41) is 135. The third-order valence-electron chi connectivity index (χ3n) is 10.4. The Morgan fingerprint density at radius 1 is 0.530 bits per heavy atom. The van der Waals surface area contributed by atoms with Crippen LogP contribution in [0.3, 0.4) is 0 Å². The van der Waals surface area contributed by atoms with Gasteiger partial charge in [0.05, 0.1) is 89.5 Å². The number of phenolic OH excluding ortho intramolecular Hbond substituents is 4. The molecule has 0 saturated carbocycles. The standard InChI is InChI=1S/C40H28N10O26S6.Fe/c51-32-8-7-28(44-46-30-13-19(49(55)56)14-31(38(30)52)50(57)58)39(53)36(32)47-45-29-16-22(81(64,65)66)11-18-12-33(78-75-72-60)37(40(54)35(18)29)48-42-26-6-5-25(23-3-1-20(15-24(23)26)77-74-71-59)41-43-27-4-2-21(17-34(27)82(67,68)69)80(62,63)10-9-70-79-76-73-61;/h1-8,11-17,51-54,59-61H,9-10H2,(H,64,65,66)(H,67,68,69);. The molecule has 7 aromatic rings. The van der Waals surface area contributed by atoms with Crippen LogP contribution >= 0.6 is 36.4 Å². The first-order chi connectivity index (χ1) is 38.9. The zero-order valence-corrected chi connectivity index (χ0v) is 45.8. The van der Waals surface area contributed by atoms with Gasteiger partial charge in [-0.15, -0.1) is 53.9 Å². The molecule has 0 radical (unpaired) electrons. The molecule has 0 heterocycles. The third-order valence-corrected chi connectivity index (χ3v) is 15.3. The van der Waals surface area contributed by atoms with Gasteiger partial charge in [-0.05, 0) is 78.2 Å². The maximum absolute atomic E-state index is 12.9. The van der Waals surface area contributed by atoms with Gasteiger partial charge in [0.1, 0.15) is 33.4 Å². The van der Waals surface area contributed by atoms with Gasteiger partial charge in [-0.2, -0.15) is 16.8 Å². The summed E-state index contributed by atoms with van der Waals surface area (Å²) in [6.45, 7) is -0.535. The van der Waals surface area contributed by atoms with Crippen molar-refractivity contribution in [3.63, 3.8) is 0 Å². The fourth-order valence-electron chi connectivity index (χ4n) is 6.83. The molecule has 0 aliphatic rings. The smallest absolute Gasteiger partial charge is 0.319 e. The molecule has 0 amide bonds. The van der Waals surface area contributed by atoms with Gasteiger partial charge < -0.3 is 20.4 Å². The summed E-state index contributed by atoms with van der Waals surface area (Å²) in [6, 6.07) is 14.7. The molecular weight excluding hydrogens is 1280 g/mol. The molecule has 0 atom stereocenters. The fourth-order valence-corrected chi connectivity index (χ4v) is 10.4. The van der Waals surface area contributed by atoms with Gasteiger partial charge in [0.25, 0.3) is 25.9 Å². The Morgan fingerprint density at radius 2 is 1.13 bits per heavy atom. The normalized spacial score (nSPS) is 12.4. The monoisotopic (exact) mass is 1310 g/mol. The van der Waals surface area contributed by atoms with Crippen molar-refractivity contribution >= 4 is 145 Å². The number of sulfone groups is 1. The first-order valence-electron chi connectivity index (χ1n) is 21.0. The summed E-state index contributed by atoms with van der Waals surface area (Å²) in [4.78, 5) is 18.1. The number of azo groups is 4. The second-order valence-corrected chi connectivity index (χ2v) is 22.2. The van der Waals surface area contributed by atoms with E-state index in [2.05, 4.69) is 69.0 Å². The molecule has 438 valence electrons. The van der Waals surface area contributed by atoms with Crippen LogP contribution in [0.4, 0.5) is 56.9 Å². The summed E-state index contributed by atoms with van der Waals surface area (Å²) in [7, 11) is -14.6. The fraction of sp³-hybridized carbons (Fsp3) is 0.0500. The number of nitro benzene ring substituents is 2. The number of hydrogen-bond donors (Lipinski definition) is 9. The molecule has 0 aliphatic carbocycles. The van der Waals surface area contributed by atoms with E-state index in [0.29, 0.717) is 36.3 Å². The van der Waals surface area contributed by atoms with Gasteiger partial charge in [0.2, 0.25) is 5.75 Å². The second-order valence-electron chi connectivity index (χ2n) is 15.3. The van der Waals surface area contributed by atoms with E-state index in [-0.39, 0.29) is 78.8 Å². The van der Waals surface area contributed by atoms with E-state index in [9.17, 15) is 75.0 Å². The van der Waals surface area contributed by atoms with Crippen molar-refractivity contribution in [2.45, 2.75) is 24.5 Å². The number of nitrogens with zero attached hydrogens (tertiary/aromatic N) is 10. The van der Waals surface area contributed by atoms with E-state index in [4.69, 9.17) is 20.0 Å².